The fourth-order valence-corrected chi connectivity index (χ4v) is 5.52. The molecule has 5 rings (SSSR count). The van der Waals surface area contributed by atoms with Gasteiger partial charge in [0.2, 0.25) is 11.7 Å². The number of methoxy groups -OCH3 is 3. The second kappa shape index (κ2) is 14.4. The van der Waals surface area contributed by atoms with E-state index in [4.69, 9.17) is 35.1 Å². The van der Waals surface area contributed by atoms with E-state index in [1.807, 2.05) is 0 Å². The van der Waals surface area contributed by atoms with Gasteiger partial charge in [-0.05, 0) is 49.1 Å². The summed E-state index contributed by atoms with van der Waals surface area (Å²) in [5.41, 5.74) is 1.56. The number of carbonyl (C=O) groups excluding carboxylic acids is 2. The number of halogens is 2. The maximum atomic E-state index is 14.9. The van der Waals surface area contributed by atoms with Gasteiger partial charge in [-0.25, -0.2) is 4.39 Å². The number of aromatic nitrogens is 1. The summed E-state index contributed by atoms with van der Waals surface area (Å²) in [6.07, 6.45) is 2.91. The van der Waals surface area contributed by atoms with Crippen LogP contribution in [0.4, 0.5) is 15.8 Å². The molecule has 0 aliphatic carbocycles. The van der Waals surface area contributed by atoms with Crippen LogP contribution in [-0.4, -0.2) is 51.0 Å². The van der Waals surface area contributed by atoms with E-state index in [1.54, 1.807) is 36.4 Å². The van der Waals surface area contributed by atoms with Crippen LogP contribution < -0.4 is 24.8 Å². The summed E-state index contributed by atoms with van der Waals surface area (Å²) in [6.45, 7) is 0.617. The molecule has 4 aromatic rings. The number of amides is 2. The van der Waals surface area contributed by atoms with E-state index in [0.29, 0.717) is 47.2 Å². The highest BCUT2D eigenvalue weighted by atomic mass is 35.5. The third-order valence-corrected chi connectivity index (χ3v) is 7.69. The lowest BCUT2D eigenvalue weighted by atomic mass is 9.99. The molecule has 1 atom stereocenters. The van der Waals surface area contributed by atoms with Crippen LogP contribution in [0.2, 0.25) is 5.02 Å². The maximum Gasteiger partial charge on any atom is 0.261 e. The summed E-state index contributed by atoms with van der Waals surface area (Å²) >= 11 is 6.34. The normalized spacial score (nSPS) is 14.5. The predicted octanol–water partition coefficient (Wildman–Crippen LogP) is 6.71. The average molecular weight is 638 g/mol. The number of nitrogens with one attached hydrogen (secondary N) is 2. The van der Waals surface area contributed by atoms with E-state index in [2.05, 4.69) is 15.8 Å². The van der Waals surface area contributed by atoms with Crippen molar-refractivity contribution in [3.05, 3.63) is 82.3 Å². The van der Waals surface area contributed by atoms with Crippen molar-refractivity contribution in [3.63, 3.8) is 0 Å². The molecular weight excluding hydrogens is 605 g/mol. The Bertz CT molecular complexity index is 1640. The minimum Gasteiger partial charge on any atom is -0.493 e. The number of hydrogen-bond donors (Lipinski definition) is 2. The maximum absolute atomic E-state index is 14.9. The summed E-state index contributed by atoms with van der Waals surface area (Å²) in [6, 6.07) is 14.3. The Kier molecular flexibility index (Phi) is 10.2. The minimum atomic E-state index is -0.634. The molecule has 12 heteroatoms. The number of rotatable bonds is 11. The molecule has 1 aliphatic heterocycles. The van der Waals surface area contributed by atoms with Gasteiger partial charge < -0.3 is 34.1 Å². The average Bonchev–Trinajstić information content (AvgIpc) is 3.43. The highest BCUT2D eigenvalue weighted by molar-refractivity contribution is 6.33. The second-order valence-electron chi connectivity index (χ2n) is 10.4. The van der Waals surface area contributed by atoms with Gasteiger partial charge in [-0.3, -0.25) is 9.59 Å². The van der Waals surface area contributed by atoms with Crippen LogP contribution in [0.5, 0.6) is 17.2 Å². The van der Waals surface area contributed by atoms with Crippen molar-refractivity contribution in [3.8, 4) is 28.5 Å². The zero-order valence-electron chi connectivity index (χ0n) is 25.1. The fraction of sp³-hybridized carbons (Fsp3) is 0.303. The molecule has 2 amide bonds. The van der Waals surface area contributed by atoms with E-state index >= 15 is 0 Å². The molecule has 0 spiro atoms. The van der Waals surface area contributed by atoms with E-state index < -0.39 is 11.7 Å². The van der Waals surface area contributed by atoms with Gasteiger partial charge in [-0.15, -0.1) is 0 Å². The van der Waals surface area contributed by atoms with Crippen LogP contribution in [0, 0.1) is 5.82 Å². The van der Waals surface area contributed by atoms with Crippen molar-refractivity contribution in [1.82, 2.24) is 5.16 Å². The van der Waals surface area contributed by atoms with Crippen LogP contribution in [0.25, 0.3) is 11.3 Å². The van der Waals surface area contributed by atoms with Gasteiger partial charge in [0.25, 0.3) is 5.91 Å². The van der Waals surface area contributed by atoms with Gasteiger partial charge in [0.15, 0.2) is 17.3 Å². The summed E-state index contributed by atoms with van der Waals surface area (Å²) in [5.74, 6) is -0.0234. The standard InChI is InChI=1S/C33H33ClFN3O7/c1-41-26-16-21(17-27(42-2)32(26)43-3)36-28(39)15-19-8-6-9-20(14-19)37-33(40)30-25(18-22-10-4-5-13-44-22)45-38-31(30)29-23(34)11-7-12-24(29)35/h6-9,11-12,14,16-17,22H,4-5,10,13,15,18H2,1-3H3,(H,36,39)(H,37,40). The van der Waals surface area contributed by atoms with Crippen molar-refractivity contribution < 1.29 is 37.5 Å². The predicted molar refractivity (Wildman–Crippen MR) is 167 cm³/mol. The monoisotopic (exact) mass is 637 g/mol. The summed E-state index contributed by atoms with van der Waals surface area (Å²) in [7, 11) is 4.47. The fourth-order valence-electron chi connectivity index (χ4n) is 5.26. The Morgan fingerprint density at radius 1 is 0.978 bits per heavy atom. The zero-order chi connectivity index (χ0) is 31.9. The smallest absolute Gasteiger partial charge is 0.261 e. The van der Waals surface area contributed by atoms with Crippen molar-refractivity contribution in [2.75, 3.05) is 38.6 Å². The summed E-state index contributed by atoms with van der Waals surface area (Å²) in [4.78, 5) is 26.7. The SMILES string of the molecule is COc1cc(NC(=O)Cc2cccc(NC(=O)c3c(-c4c(F)cccc4Cl)noc3CC3CCCCO3)c2)cc(OC)c1OC. The van der Waals surface area contributed by atoms with Gasteiger partial charge >= 0.3 is 0 Å². The van der Waals surface area contributed by atoms with E-state index in [0.717, 1.165) is 19.3 Å². The third-order valence-electron chi connectivity index (χ3n) is 7.37. The Morgan fingerprint density at radius 3 is 2.40 bits per heavy atom. The van der Waals surface area contributed by atoms with Crippen molar-refractivity contribution in [1.29, 1.82) is 0 Å². The lowest BCUT2D eigenvalue weighted by molar-refractivity contribution is -0.115. The highest BCUT2D eigenvalue weighted by Gasteiger charge is 2.29. The Balaban J connectivity index is 1.36. The molecule has 1 unspecified atom stereocenters. The quantitative estimate of drug-likeness (QED) is 0.186. The molecule has 0 radical (unpaired) electrons. The summed E-state index contributed by atoms with van der Waals surface area (Å²) < 4.78 is 42.5. The van der Waals surface area contributed by atoms with E-state index in [1.165, 1.54) is 39.5 Å². The van der Waals surface area contributed by atoms with Gasteiger partial charge in [0.05, 0.1) is 44.4 Å². The Hall–Kier alpha value is -4.61. The van der Waals surface area contributed by atoms with Crippen LogP contribution in [0.1, 0.15) is 40.9 Å². The van der Waals surface area contributed by atoms with Gasteiger partial charge in [-0.1, -0.05) is 35.0 Å². The molecule has 2 heterocycles. The molecule has 1 saturated heterocycles. The topological polar surface area (TPSA) is 121 Å². The van der Waals surface area contributed by atoms with Crippen LogP contribution in [0.15, 0.2) is 59.1 Å². The first-order valence-corrected chi connectivity index (χ1v) is 14.7. The molecule has 1 aromatic heterocycles. The first-order chi connectivity index (χ1) is 21.8. The van der Waals surface area contributed by atoms with Gasteiger partial charge in [-0.2, -0.15) is 0 Å². The summed E-state index contributed by atoms with van der Waals surface area (Å²) in [5, 5.41) is 9.86. The zero-order valence-corrected chi connectivity index (χ0v) is 25.8. The number of benzene rings is 3. The molecule has 3 aromatic carbocycles. The number of anilines is 2. The lowest BCUT2D eigenvalue weighted by Crippen LogP contribution is -2.23. The number of carbonyl (C=O) groups is 2. The molecule has 45 heavy (non-hydrogen) atoms. The first kappa shape index (κ1) is 31.8. The van der Waals surface area contributed by atoms with Crippen LogP contribution >= 0.6 is 11.6 Å². The van der Waals surface area contributed by atoms with Crippen LogP contribution in [0.3, 0.4) is 0 Å². The molecular formula is C33H33ClFN3O7. The van der Waals surface area contributed by atoms with E-state index in [-0.39, 0.29) is 46.0 Å². The third kappa shape index (κ3) is 7.38. The molecule has 1 aliphatic rings. The first-order valence-electron chi connectivity index (χ1n) is 14.4. The molecule has 10 nitrogen and oxygen atoms in total. The largest absolute Gasteiger partial charge is 0.493 e. The number of nitrogens with zero attached hydrogens (tertiary/aromatic N) is 1. The van der Waals surface area contributed by atoms with Gasteiger partial charge in [0.1, 0.15) is 17.1 Å². The number of hydrogen-bond acceptors (Lipinski definition) is 8. The molecule has 1 fully saturated rings. The second-order valence-corrected chi connectivity index (χ2v) is 10.8. The molecule has 0 bridgehead atoms. The van der Waals surface area contributed by atoms with Crippen molar-refractivity contribution >= 4 is 34.8 Å². The molecule has 2 N–H and O–H groups in total. The van der Waals surface area contributed by atoms with Crippen molar-refractivity contribution in [2.45, 2.75) is 38.2 Å². The van der Waals surface area contributed by atoms with Crippen molar-refractivity contribution in [2.24, 2.45) is 0 Å². The molecule has 0 saturated carbocycles. The van der Waals surface area contributed by atoms with Gasteiger partial charge in [0, 0.05) is 36.5 Å². The minimum absolute atomic E-state index is 0.00212. The van der Waals surface area contributed by atoms with Crippen LogP contribution in [-0.2, 0) is 22.4 Å². The highest BCUT2D eigenvalue weighted by Crippen LogP contribution is 2.40. The Labute approximate surface area is 264 Å². The Morgan fingerprint density at radius 2 is 1.73 bits per heavy atom. The van der Waals surface area contributed by atoms with E-state index in [9.17, 15) is 14.0 Å². The number of ether oxygens (including phenoxy) is 4. The lowest BCUT2D eigenvalue weighted by Gasteiger charge is -2.21. The molecule has 236 valence electrons.